The highest BCUT2D eigenvalue weighted by molar-refractivity contribution is 7.88. The van der Waals surface area contributed by atoms with E-state index in [9.17, 15) is 13.5 Å². The van der Waals surface area contributed by atoms with Crippen molar-refractivity contribution in [1.29, 1.82) is 0 Å². The Morgan fingerprint density at radius 2 is 1.90 bits per heavy atom. The third-order valence-corrected chi connectivity index (χ3v) is 9.45. The second kappa shape index (κ2) is 6.40. The fraction of sp³-hybridized carbons (Fsp3) is 0.591. The fourth-order valence-electron chi connectivity index (χ4n) is 6.91. The molecule has 156 valence electrons. The van der Waals surface area contributed by atoms with Crippen LogP contribution in [0.3, 0.4) is 0 Å². The predicted molar refractivity (Wildman–Crippen MR) is 114 cm³/mol. The average Bonchev–Trinajstić information content (AvgIpc) is 3.05. The molecular weight excluding hydrogens is 386 g/mol. The van der Waals surface area contributed by atoms with E-state index in [1.165, 1.54) is 11.8 Å². The van der Waals surface area contributed by atoms with Gasteiger partial charge in [-0.2, -0.15) is 0 Å². The molecule has 2 unspecified atom stereocenters. The van der Waals surface area contributed by atoms with Gasteiger partial charge >= 0.3 is 0 Å². The van der Waals surface area contributed by atoms with Crippen LogP contribution in [0.4, 0.5) is 0 Å². The van der Waals surface area contributed by atoms with E-state index in [-0.39, 0.29) is 29.2 Å². The van der Waals surface area contributed by atoms with Gasteiger partial charge in [-0.1, -0.05) is 24.3 Å². The van der Waals surface area contributed by atoms with Crippen molar-refractivity contribution in [2.45, 2.75) is 31.4 Å². The first-order chi connectivity index (χ1) is 13.8. The average molecular weight is 416 g/mol. The third kappa shape index (κ3) is 2.53. The zero-order chi connectivity index (χ0) is 20.6. The number of fused-ring (bicyclic) bond motifs is 1. The monoisotopic (exact) mass is 415 g/mol. The van der Waals surface area contributed by atoms with Gasteiger partial charge in [0.25, 0.3) is 0 Å². The maximum atomic E-state index is 12.1. The normalized spacial score (nSPS) is 40.3. The Morgan fingerprint density at radius 3 is 2.48 bits per heavy atom. The summed E-state index contributed by atoms with van der Waals surface area (Å²) in [6.07, 6.45) is 5.69. The quantitative estimate of drug-likeness (QED) is 0.769. The van der Waals surface area contributed by atoms with Crippen LogP contribution in [0.25, 0.3) is 5.70 Å². The lowest BCUT2D eigenvalue weighted by atomic mass is 9.48. The summed E-state index contributed by atoms with van der Waals surface area (Å²) in [4.78, 5) is 6.22. The van der Waals surface area contributed by atoms with Gasteiger partial charge < -0.3 is 10.0 Å². The summed E-state index contributed by atoms with van der Waals surface area (Å²) in [5, 5.41) is 11.5. The van der Waals surface area contributed by atoms with Crippen LogP contribution in [-0.4, -0.2) is 61.9 Å². The Bertz CT molecular complexity index is 975. The van der Waals surface area contributed by atoms with Crippen LogP contribution in [0.5, 0.6) is 0 Å². The number of rotatable bonds is 3. The van der Waals surface area contributed by atoms with E-state index in [1.54, 1.807) is 10.5 Å². The largest absolute Gasteiger partial charge is 0.392 e. The van der Waals surface area contributed by atoms with Crippen LogP contribution in [0.15, 0.2) is 35.5 Å². The van der Waals surface area contributed by atoms with Gasteiger partial charge in [0, 0.05) is 37.0 Å². The molecule has 5 rings (SSSR count). The van der Waals surface area contributed by atoms with Gasteiger partial charge in [-0.25, -0.2) is 12.7 Å². The number of piperidine rings is 1. The molecule has 0 radical (unpaired) electrons. The molecule has 4 aliphatic rings. The molecule has 7 heteroatoms. The number of sulfonamides is 1. The molecule has 2 saturated carbocycles. The highest BCUT2D eigenvalue weighted by Crippen LogP contribution is 2.67. The highest BCUT2D eigenvalue weighted by Gasteiger charge is 2.68. The summed E-state index contributed by atoms with van der Waals surface area (Å²) in [6, 6.07) is 8.47. The van der Waals surface area contributed by atoms with Crippen LogP contribution in [0.2, 0.25) is 0 Å². The van der Waals surface area contributed by atoms with Crippen molar-refractivity contribution in [1.82, 2.24) is 9.21 Å². The van der Waals surface area contributed by atoms with E-state index in [4.69, 9.17) is 0 Å². The van der Waals surface area contributed by atoms with E-state index in [0.717, 1.165) is 30.5 Å². The van der Waals surface area contributed by atoms with Crippen molar-refractivity contribution >= 4 is 22.4 Å². The minimum atomic E-state index is -3.18. The van der Waals surface area contributed by atoms with E-state index in [0.29, 0.717) is 13.1 Å². The smallest absolute Gasteiger partial charge is 0.211 e. The molecule has 5 atom stereocenters. The van der Waals surface area contributed by atoms with Crippen molar-refractivity contribution in [3.05, 3.63) is 41.6 Å². The number of hydrogen-bond acceptors (Lipinski definition) is 5. The van der Waals surface area contributed by atoms with Crippen LogP contribution < -0.4 is 0 Å². The van der Waals surface area contributed by atoms with E-state index < -0.39 is 16.1 Å². The van der Waals surface area contributed by atoms with Crippen molar-refractivity contribution < 1.29 is 13.5 Å². The summed E-state index contributed by atoms with van der Waals surface area (Å²) in [7, 11) is -1.11. The second-order valence-electron chi connectivity index (χ2n) is 9.32. The molecule has 2 bridgehead atoms. The van der Waals surface area contributed by atoms with Crippen molar-refractivity contribution in [2.24, 2.45) is 28.2 Å². The van der Waals surface area contributed by atoms with Crippen LogP contribution in [0, 0.1) is 23.2 Å². The van der Waals surface area contributed by atoms with Gasteiger partial charge in [0.15, 0.2) is 0 Å². The molecule has 2 heterocycles. The van der Waals surface area contributed by atoms with Crippen LogP contribution >= 0.6 is 0 Å². The molecule has 2 aliphatic heterocycles. The minimum absolute atomic E-state index is 0.118. The molecule has 2 aliphatic carbocycles. The SMILES string of the molecule is C=N/C=C1/c2ccccc2[C@@H]([C@H]2CC3(C4CCC3CN(S(C)(=O)=O)C4)[C@@H]2O)N1C. The summed E-state index contributed by atoms with van der Waals surface area (Å²) < 4.78 is 25.8. The minimum Gasteiger partial charge on any atom is -0.392 e. The van der Waals surface area contributed by atoms with E-state index >= 15 is 0 Å². The standard InChI is InChI=1S/C22H29N3O3S/c1-23-11-19-16-6-4-5-7-17(16)20(24(19)2)18-10-22(21(18)26)14-8-9-15(22)13-25(12-14)29(3,27)28/h4-7,11,14-15,18,20-21,26H,1,8-10,12-13H2,2-3H3/b19-11-/t14?,15?,18-,20+,21-,22?/m1/s1. The van der Waals surface area contributed by atoms with E-state index in [1.807, 2.05) is 6.07 Å². The number of aliphatic imine (C=N–C) groups is 1. The highest BCUT2D eigenvalue weighted by atomic mass is 32.2. The number of nitrogens with zero attached hydrogens (tertiary/aromatic N) is 3. The van der Waals surface area contributed by atoms with Gasteiger partial charge in [-0.3, -0.25) is 4.99 Å². The zero-order valence-electron chi connectivity index (χ0n) is 17.0. The Hall–Kier alpha value is -1.70. The van der Waals surface area contributed by atoms with Crippen molar-refractivity contribution in [2.75, 3.05) is 26.4 Å². The molecule has 1 N–H and O–H groups in total. The zero-order valence-corrected chi connectivity index (χ0v) is 17.8. The number of hydrogen-bond donors (Lipinski definition) is 1. The first kappa shape index (κ1) is 19.3. The van der Waals surface area contributed by atoms with Gasteiger partial charge in [-0.05, 0) is 43.4 Å². The molecule has 1 aromatic carbocycles. The predicted octanol–water partition coefficient (Wildman–Crippen LogP) is 2.34. The fourth-order valence-corrected chi connectivity index (χ4v) is 7.81. The van der Waals surface area contributed by atoms with Crippen LogP contribution in [0.1, 0.15) is 36.4 Å². The van der Waals surface area contributed by atoms with E-state index in [2.05, 4.69) is 41.9 Å². The molecule has 1 aromatic rings. The molecule has 29 heavy (non-hydrogen) atoms. The lowest BCUT2D eigenvalue weighted by Crippen LogP contribution is -2.65. The molecule has 3 fully saturated rings. The number of benzene rings is 1. The Labute approximate surface area is 173 Å². The second-order valence-corrected chi connectivity index (χ2v) is 11.3. The van der Waals surface area contributed by atoms with Crippen molar-refractivity contribution in [3.8, 4) is 0 Å². The lowest BCUT2D eigenvalue weighted by Gasteiger charge is -2.62. The molecule has 6 nitrogen and oxygen atoms in total. The third-order valence-electron chi connectivity index (χ3n) is 8.22. The molecule has 0 aromatic heterocycles. The number of aliphatic hydroxyl groups is 1. The Kier molecular flexibility index (Phi) is 4.25. The number of aliphatic hydroxyl groups excluding tert-OH is 1. The molecule has 1 saturated heterocycles. The first-order valence-electron chi connectivity index (χ1n) is 10.4. The van der Waals surface area contributed by atoms with Gasteiger partial charge in [-0.15, -0.1) is 0 Å². The topological polar surface area (TPSA) is 73.2 Å². The summed E-state index contributed by atoms with van der Waals surface area (Å²) in [6.45, 7) is 4.73. The van der Waals surface area contributed by atoms with Gasteiger partial charge in [0.2, 0.25) is 10.0 Å². The summed E-state index contributed by atoms with van der Waals surface area (Å²) >= 11 is 0. The molecule has 1 spiro atoms. The van der Waals surface area contributed by atoms with Gasteiger partial charge in [0.05, 0.1) is 30.3 Å². The van der Waals surface area contributed by atoms with Gasteiger partial charge in [0.1, 0.15) is 0 Å². The Morgan fingerprint density at radius 1 is 1.24 bits per heavy atom. The molecular formula is C22H29N3O3S. The first-order valence-corrected chi connectivity index (χ1v) is 12.2. The summed E-state index contributed by atoms with van der Waals surface area (Å²) in [5.74, 6) is 0.660. The van der Waals surface area contributed by atoms with Crippen molar-refractivity contribution in [3.63, 3.8) is 0 Å². The Balaban J connectivity index is 1.44. The summed E-state index contributed by atoms with van der Waals surface area (Å²) in [5.41, 5.74) is 3.33. The lowest BCUT2D eigenvalue weighted by molar-refractivity contribution is -0.196. The maximum Gasteiger partial charge on any atom is 0.211 e. The maximum absolute atomic E-state index is 12.1. The molecule has 0 amide bonds. The van der Waals surface area contributed by atoms with Crippen LogP contribution in [-0.2, 0) is 10.0 Å².